The van der Waals surface area contributed by atoms with Crippen LogP contribution in [0.2, 0.25) is 0 Å². The predicted octanol–water partition coefficient (Wildman–Crippen LogP) is 3.63. The molecule has 0 radical (unpaired) electrons. The fourth-order valence-corrected chi connectivity index (χ4v) is 4.12. The zero-order valence-corrected chi connectivity index (χ0v) is 16.7. The first-order valence-electron chi connectivity index (χ1n) is 9.25. The molecule has 2 atom stereocenters. The molecule has 2 aromatic heterocycles. The van der Waals surface area contributed by atoms with E-state index in [1.165, 1.54) is 0 Å². The average Bonchev–Trinajstić information content (AvgIpc) is 2.99. The number of carbonyl (C=O) groups is 1. The van der Waals surface area contributed by atoms with Crippen molar-refractivity contribution >= 4 is 24.2 Å². The van der Waals surface area contributed by atoms with Gasteiger partial charge in [0.1, 0.15) is 10.8 Å². The van der Waals surface area contributed by atoms with Crippen molar-refractivity contribution in [2.24, 2.45) is 11.1 Å². The molecule has 144 valence electrons. The van der Waals surface area contributed by atoms with Crippen molar-refractivity contribution in [3.8, 4) is 0 Å². The van der Waals surface area contributed by atoms with E-state index in [0.717, 1.165) is 60.7 Å². The Morgan fingerprint density at radius 3 is 2.89 bits per heavy atom. The number of nitrogens with one attached hydrogen (secondary N) is 1. The zero-order chi connectivity index (χ0) is 19.3. The molecule has 3 heterocycles. The van der Waals surface area contributed by atoms with Crippen molar-refractivity contribution in [1.82, 2.24) is 14.9 Å². The fraction of sp³-hybridized carbons (Fsp3) is 0.450. The van der Waals surface area contributed by atoms with Crippen LogP contribution in [0.5, 0.6) is 0 Å². The summed E-state index contributed by atoms with van der Waals surface area (Å²) in [6.07, 6.45) is 5.77. The minimum absolute atomic E-state index is 0.0603. The van der Waals surface area contributed by atoms with Gasteiger partial charge in [0.2, 0.25) is 6.41 Å². The standard InChI is InChI=1S/C20H27N5OS/c1-20(2)12-15(13-25(20)14-26)9-10-17(16-6-3-4-11-22-16)23-18-7-5-8-19(24-18)27-21/h3-8,11,14-15,17H,9-10,12-13,21H2,1-2H3,(H,23,24). The molecule has 7 heteroatoms. The first-order chi connectivity index (χ1) is 13.0. The van der Waals surface area contributed by atoms with Crippen molar-refractivity contribution in [2.75, 3.05) is 11.9 Å². The largest absolute Gasteiger partial charge is 0.362 e. The Kier molecular flexibility index (Phi) is 6.34. The third-order valence-corrected chi connectivity index (χ3v) is 5.69. The average molecular weight is 386 g/mol. The van der Waals surface area contributed by atoms with Crippen LogP contribution in [0.25, 0.3) is 0 Å². The van der Waals surface area contributed by atoms with Crippen LogP contribution in [-0.4, -0.2) is 33.4 Å². The van der Waals surface area contributed by atoms with E-state index >= 15 is 0 Å². The van der Waals surface area contributed by atoms with Gasteiger partial charge in [0.25, 0.3) is 0 Å². The van der Waals surface area contributed by atoms with Crippen LogP contribution in [0.15, 0.2) is 47.6 Å². The number of aromatic nitrogens is 2. The maximum Gasteiger partial charge on any atom is 0.210 e. The molecule has 1 saturated heterocycles. The van der Waals surface area contributed by atoms with Gasteiger partial charge in [0, 0.05) is 18.3 Å². The van der Waals surface area contributed by atoms with Crippen molar-refractivity contribution in [3.05, 3.63) is 48.3 Å². The first kappa shape index (κ1) is 19.6. The van der Waals surface area contributed by atoms with Crippen molar-refractivity contribution in [2.45, 2.75) is 49.7 Å². The SMILES string of the molecule is CC1(C)CC(CCC(Nc2cccc(SN)n2)c2ccccn2)CN1C=O. The van der Waals surface area contributed by atoms with E-state index in [0.29, 0.717) is 5.92 Å². The van der Waals surface area contributed by atoms with Crippen LogP contribution in [0.4, 0.5) is 5.82 Å². The lowest BCUT2D eigenvalue weighted by Crippen LogP contribution is -2.36. The molecule has 3 N–H and O–H groups in total. The molecule has 1 amide bonds. The van der Waals surface area contributed by atoms with Crippen LogP contribution in [0.1, 0.15) is 44.8 Å². The number of hydrogen-bond acceptors (Lipinski definition) is 6. The number of carbonyl (C=O) groups excluding carboxylic acids is 1. The molecule has 0 bridgehead atoms. The van der Waals surface area contributed by atoms with Crippen molar-refractivity contribution in [3.63, 3.8) is 0 Å². The second-order valence-electron chi connectivity index (χ2n) is 7.65. The number of nitrogens with zero attached hydrogens (tertiary/aromatic N) is 3. The second-order valence-corrected chi connectivity index (χ2v) is 8.30. The molecule has 1 aliphatic heterocycles. The van der Waals surface area contributed by atoms with Gasteiger partial charge in [-0.2, -0.15) is 0 Å². The number of amides is 1. The van der Waals surface area contributed by atoms with E-state index in [2.05, 4.69) is 29.1 Å². The number of rotatable bonds is 8. The Hall–Kier alpha value is -2.12. The van der Waals surface area contributed by atoms with Gasteiger partial charge in [-0.3, -0.25) is 14.9 Å². The molecule has 0 aliphatic carbocycles. The lowest BCUT2D eigenvalue weighted by molar-refractivity contribution is -0.120. The molecule has 6 nitrogen and oxygen atoms in total. The summed E-state index contributed by atoms with van der Waals surface area (Å²) < 4.78 is 0. The monoisotopic (exact) mass is 385 g/mol. The van der Waals surface area contributed by atoms with E-state index in [-0.39, 0.29) is 11.6 Å². The van der Waals surface area contributed by atoms with E-state index in [9.17, 15) is 4.79 Å². The van der Waals surface area contributed by atoms with Crippen LogP contribution < -0.4 is 10.5 Å². The highest BCUT2D eigenvalue weighted by molar-refractivity contribution is 7.97. The molecular formula is C20H27N5OS. The van der Waals surface area contributed by atoms with Gasteiger partial charge in [-0.1, -0.05) is 12.1 Å². The summed E-state index contributed by atoms with van der Waals surface area (Å²) in [5, 5.41) is 9.93. The maximum atomic E-state index is 11.3. The molecule has 2 unspecified atom stereocenters. The summed E-state index contributed by atoms with van der Waals surface area (Å²) in [4.78, 5) is 22.3. The first-order valence-corrected chi connectivity index (χ1v) is 10.1. The number of pyridine rings is 2. The van der Waals surface area contributed by atoms with Gasteiger partial charge < -0.3 is 10.2 Å². The van der Waals surface area contributed by atoms with Crippen LogP contribution in [0.3, 0.4) is 0 Å². The van der Waals surface area contributed by atoms with Gasteiger partial charge in [-0.25, -0.2) is 4.98 Å². The summed E-state index contributed by atoms with van der Waals surface area (Å²) in [7, 11) is 0. The number of nitrogens with two attached hydrogens (primary N) is 1. The quantitative estimate of drug-likeness (QED) is 0.533. The summed E-state index contributed by atoms with van der Waals surface area (Å²) in [6, 6.07) is 11.8. The number of hydrogen-bond donors (Lipinski definition) is 2. The molecule has 1 aliphatic rings. The molecule has 0 aromatic carbocycles. The lowest BCUT2D eigenvalue weighted by Gasteiger charge is -2.27. The summed E-state index contributed by atoms with van der Waals surface area (Å²) in [5.74, 6) is 1.29. The smallest absolute Gasteiger partial charge is 0.210 e. The third-order valence-electron chi connectivity index (χ3n) is 5.22. The fourth-order valence-electron chi connectivity index (χ4n) is 3.81. The molecule has 0 saturated carbocycles. The highest BCUT2D eigenvalue weighted by atomic mass is 32.2. The van der Waals surface area contributed by atoms with Crippen LogP contribution in [-0.2, 0) is 4.79 Å². The van der Waals surface area contributed by atoms with Crippen molar-refractivity contribution < 1.29 is 4.79 Å². The minimum atomic E-state index is -0.0609. The van der Waals surface area contributed by atoms with Crippen LogP contribution in [0, 0.1) is 5.92 Å². The molecule has 1 fully saturated rings. The normalized spacial score (nSPS) is 19.7. The van der Waals surface area contributed by atoms with E-state index in [4.69, 9.17) is 5.14 Å². The summed E-state index contributed by atoms with van der Waals surface area (Å²) in [5.41, 5.74) is 0.934. The van der Waals surface area contributed by atoms with E-state index < -0.39 is 0 Å². The molecule has 3 rings (SSSR count). The second kappa shape index (κ2) is 8.71. The van der Waals surface area contributed by atoms with E-state index in [1.807, 2.05) is 47.5 Å². The molecule has 2 aromatic rings. The van der Waals surface area contributed by atoms with Gasteiger partial charge >= 0.3 is 0 Å². The Morgan fingerprint density at radius 1 is 1.37 bits per heavy atom. The highest BCUT2D eigenvalue weighted by Gasteiger charge is 2.37. The maximum absolute atomic E-state index is 11.3. The summed E-state index contributed by atoms with van der Waals surface area (Å²) >= 11 is 1.14. The predicted molar refractivity (Wildman–Crippen MR) is 109 cm³/mol. The molecule has 0 spiro atoms. The summed E-state index contributed by atoms with van der Waals surface area (Å²) in [6.45, 7) is 5.09. The van der Waals surface area contributed by atoms with Gasteiger partial charge in [-0.05, 0) is 75.2 Å². The Labute approximate surface area is 165 Å². The lowest BCUT2D eigenvalue weighted by atomic mass is 9.91. The third kappa shape index (κ3) is 4.99. The zero-order valence-electron chi connectivity index (χ0n) is 15.8. The number of likely N-dealkylation sites (tertiary alicyclic amines) is 1. The minimum Gasteiger partial charge on any atom is -0.362 e. The number of anilines is 1. The highest BCUT2D eigenvalue weighted by Crippen LogP contribution is 2.35. The topological polar surface area (TPSA) is 84.1 Å². The Balaban J connectivity index is 1.70. The van der Waals surface area contributed by atoms with Gasteiger partial charge in [-0.15, -0.1) is 0 Å². The van der Waals surface area contributed by atoms with Gasteiger partial charge in [0.15, 0.2) is 0 Å². The van der Waals surface area contributed by atoms with E-state index in [1.54, 1.807) is 0 Å². The Bertz CT molecular complexity index is 755. The Morgan fingerprint density at radius 2 is 2.22 bits per heavy atom. The molecular weight excluding hydrogens is 358 g/mol. The van der Waals surface area contributed by atoms with Crippen LogP contribution >= 0.6 is 11.9 Å². The van der Waals surface area contributed by atoms with Crippen molar-refractivity contribution in [1.29, 1.82) is 0 Å². The molecule has 27 heavy (non-hydrogen) atoms. The van der Waals surface area contributed by atoms with Gasteiger partial charge in [0.05, 0.1) is 11.7 Å².